The fraction of sp³-hybridized carbons (Fsp3) is 0.938. The van der Waals surface area contributed by atoms with E-state index in [1.807, 2.05) is 0 Å². The van der Waals surface area contributed by atoms with Crippen LogP contribution in [0.1, 0.15) is 59.8 Å². The van der Waals surface area contributed by atoms with E-state index in [4.69, 9.17) is 0 Å². The highest BCUT2D eigenvalue weighted by molar-refractivity contribution is 5.79. The third-order valence-corrected chi connectivity index (χ3v) is 3.49. The average molecular weight is 284 g/mol. The Labute approximate surface area is 126 Å². The van der Waals surface area contributed by atoms with Crippen molar-refractivity contribution in [1.82, 2.24) is 15.5 Å². The number of nitrogens with zero attached hydrogens (tertiary/aromatic N) is 2. The maximum atomic E-state index is 4.60. The maximum absolute atomic E-state index is 4.60. The van der Waals surface area contributed by atoms with Gasteiger partial charge in [0.2, 0.25) is 0 Å². The van der Waals surface area contributed by atoms with E-state index in [0.717, 1.165) is 25.6 Å². The van der Waals surface area contributed by atoms with E-state index in [-0.39, 0.29) is 0 Å². The van der Waals surface area contributed by atoms with Gasteiger partial charge < -0.3 is 15.5 Å². The summed E-state index contributed by atoms with van der Waals surface area (Å²) in [7, 11) is 2.19. The van der Waals surface area contributed by atoms with Crippen LogP contribution in [0, 0.1) is 0 Å². The van der Waals surface area contributed by atoms with Crippen molar-refractivity contribution in [2.24, 2.45) is 4.99 Å². The van der Waals surface area contributed by atoms with E-state index in [2.05, 4.69) is 55.3 Å². The molecule has 0 atom stereocenters. The number of hydrogen-bond acceptors (Lipinski definition) is 2. The summed E-state index contributed by atoms with van der Waals surface area (Å²) in [4.78, 5) is 6.99. The van der Waals surface area contributed by atoms with Crippen LogP contribution >= 0.6 is 0 Å². The van der Waals surface area contributed by atoms with E-state index in [1.54, 1.807) is 0 Å². The Hall–Kier alpha value is -0.770. The molecule has 0 aromatic rings. The van der Waals surface area contributed by atoms with Gasteiger partial charge in [-0.25, -0.2) is 0 Å². The van der Waals surface area contributed by atoms with Gasteiger partial charge in [-0.05, 0) is 53.6 Å². The Kier molecular flexibility index (Phi) is 12.7. The molecule has 0 saturated heterocycles. The molecule has 0 rings (SSSR count). The van der Waals surface area contributed by atoms with Crippen LogP contribution in [-0.4, -0.2) is 50.1 Å². The van der Waals surface area contributed by atoms with Gasteiger partial charge in [0.05, 0.1) is 0 Å². The van der Waals surface area contributed by atoms with Crippen molar-refractivity contribution in [1.29, 1.82) is 0 Å². The molecule has 0 aliphatic heterocycles. The van der Waals surface area contributed by atoms with E-state index in [0.29, 0.717) is 6.04 Å². The van der Waals surface area contributed by atoms with Crippen LogP contribution in [0.4, 0.5) is 0 Å². The molecule has 0 saturated carbocycles. The summed E-state index contributed by atoms with van der Waals surface area (Å²) < 4.78 is 0. The minimum atomic E-state index is 0.639. The summed E-state index contributed by atoms with van der Waals surface area (Å²) in [6.07, 6.45) is 6.13. The van der Waals surface area contributed by atoms with Gasteiger partial charge in [0.25, 0.3) is 0 Å². The minimum absolute atomic E-state index is 0.639. The van der Waals surface area contributed by atoms with Crippen LogP contribution in [0.15, 0.2) is 4.99 Å². The number of guanidine groups is 1. The molecule has 4 nitrogen and oxygen atoms in total. The molecule has 0 unspecified atom stereocenters. The normalized spacial score (nSPS) is 12.2. The lowest BCUT2D eigenvalue weighted by Crippen LogP contribution is -2.38. The smallest absolute Gasteiger partial charge is 0.191 e. The van der Waals surface area contributed by atoms with Gasteiger partial charge in [0.15, 0.2) is 5.96 Å². The molecule has 120 valence electrons. The van der Waals surface area contributed by atoms with Gasteiger partial charge in [-0.2, -0.15) is 0 Å². The van der Waals surface area contributed by atoms with Crippen LogP contribution in [0.3, 0.4) is 0 Å². The predicted molar refractivity (Wildman–Crippen MR) is 90.5 cm³/mol. The topological polar surface area (TPSA) is 39.7 Å². The lowest BCUT2D eigenvalue weighted by molar-refractivity contribution is 0.268. The van der Waals surface area contributed by atoms with Crippen molar-refractivity contribution in [3.8, 4) is 0 Å². The zero-order chi connectivity index (χ0) is 15.2. The van der Waals surface area contributed by atoms with E-state index in [9.17, 15) is 0 Å². The molecule has 0 spiro atoms. The zero-order valence-electron chi connectivity index (χ0n) is 14.3. The van der Waals surface area contributed by atoms with Gasteiger partial charge in [0.1, 0.15) is 0 Å². The summed E-state index contributed by atoms with van der Waals surface area (Å²) >= 11 is 0. The first-order valence-corrected chi connectivity index (χ1v) is 8.34. The molecule has 0 aromatic carbocycles. The third-order valence-electron chi connectivity index (χ3n) is 3.49. The number of nitrogens with one attached hydrogen (secondary N) is 2. The Morgan fingerprint density at radius 2 is 1.80 bits per heavy atom. The SMILES string of the molecule is CCCCCN=C(NCC)NCCCCN(C)C(C)C. The van der Waals surface area contributed by atoms with Gasteiger partial charge in [-0.3, -0.25) is 4.99 Å². The van der Waals surface area contributed by atoms with Crippen LogP contribution in [0.5, 0.6) is 0 Å². The summed E-state index contributed by atoms with van der Waals surface area (Å²) in [5.74, 6) is 0.973. The Morgan fingerprint density at radius 3 is 2.40 bits per heavy atom. The molecule has 0 radical (unpaired) electrons. The summed E-state index contributed by atoms with van der Waals surface area (Å²) in [6.45, 7) is 12.8. The second kappa shape index (κ2) is 13.2. The Bertz CT molecular complexity index is 239. The largest absolute Gasteiger partial charge is 0.357 e. The van der Waals surface area contributed by atoms with Crippen molar-refractivity contribution >= 4 is 5.96 Å². The molecule has 0 bridgehead atoms. The first kappa shape index (κ1) is 19.2. The standard InChI is InChI=1S/C16H36N4/c1-6-8-9-12-18-16(17-7-2)19-13-10-11-14-20(5)15(3)4/h15H,6-14H2,1-5H3,(H2,17,18,19). The quantitative estimate of drug-likeness (QED) is 0.348. The number of aliphatic imine (C=N–C) groups is 1. The molecular formula is C16H36N4. The highest BCUT2D eigenvalue weighted by Gasteiger charge is 2.02. The molecule has 0 heterocycles. The minimum Gasteiger partial charge on any atom is -0.357 e. The molecule has 4 heteroatoms. The lowest BCUT2D eigenvalue weighted by Gasteiger charge is -2.20. The summed E-state index contributed by atoms with van der Waals surface area (Å²) in [5.41, 5.74) is 0. The Morgan fingerprint density at radius 1 is 1.05 bits per heavy atom. The average Bonchev–Trinajstić information content (AvgIpc) is 2.42. The van der Waals surface area contributed by atoms with Crippen LogP contribution in [0.25, 0.3) is 0 Å². The second-order valence-corrected chi connectivity index (χ2v) is 5.68. The van der Waals surface area contributed by atoms with Gasteiger partial charge >= 0.3 is 0 Å². The van der Waals surface area contributed by atoms with Crippen LogP contribution < -0.4 is 10.6 Å². The Balaban J connectivity index is 3.74. The third kappa shape index (κ3) is 11.1. The molecule has 0 fully saturated rings. The maximum Gasteiger partial charge on any atom is 0.191 e. The molecule has 0 aromatic heterocycles. The van der Waals surface area contributed by atoms with Gasteiger partial charge in [0, 0.05) is 25.7 Å². The molecule has 2 N–H and O–H groups in total. The molecule has 0 amide bonds. The molecule has 0 aliphatic carbocycles. The van der Waals surface area contributed by atoms with E-state index >= 15 is 0 Å². The van der Waals surface area contributed by atoms with Crippen LogP contribution in [0.2, 0.25) is 0 Å². The molecular weight excluding hydrogens is 248 g/mol. The first-order chi connectivity index (χ1) is 9.61. The van der Waals surface area contributed by atoms with Crippen molar-refractivity contribution in [2.45, 2.75) is 65.8 Å². The van der Waals surface area contributed by atoms with Crippen molar-refractivity contribution in [3.05, 3.63) is 0 Å². The fourth-order valence-electron chi connectivity index (χ4n) is 1.85. The van der Waals surface area contributed by atoms with Crippen LogP contribution in [-0.2, 0) is 0 Å². The lowest BCUT2D eigenvalue weighted by atomic mass is 10.2. The number of rotatable bonds is 11. The first-order valence-electron chi connectivity index (χ1n) is 8.34. The fourth-order valence-corrected chi connectivity index (χ4v) is 1.85. The number of hydrogen-bond donors (Lipinski definition) is 2. The molecule has 0 aliphatic rings. The monoisotopic (exact) mass is 284 g/mol. The predicted octanol–water partition coefficient (Wildman–Crippen LogP) is 2.85. The summed E-state index contributed by atoms with van der Waals surface area (Å²) in [5, 5.41) is 6.73. The number of unbranched alkanes of at least 4 members (excludes halogenated alkanes) is 3. The highest BCUT2D eigenvalue weighted by atomic mass is 15.2. The summed E-state index contributed by atoms with van der Waals surface area (Å²) in [6, 6.07) is 0.639. The van der Waals surface area contributed by atoms with Crippen molar-refractivity contribution in [2.75, 3.05) is 33.2 Å². The van der Waals surface area contributed by atoms with E-state index < -0.39 is 0 Å². The second-order valence-electron chi connectivity index (χ2n) is 5.68. The highest BCUT2D eigenvalue weighted by Crippen LogP contribution is 1.97. The van der Waals surface area contributed by atoms with Gasteiger partial charge in [-0.1, -0.05) is 19.8 Å². The van der Waals surface area contributed by atoms with Crippen molar-refractivity contribution in [3.63, 3.8) is 0 Å². The van der Waals surface area contributed by atoms with Crippen molar-refractivity contribution < 1.29 is 0 Å². The van der Waals surface area contributed by atoms with E-state index in [1.165, 1.54) is 38.6 Å². The van der Waals surface area contributed by atoms with Gasteiger partial charge in [-0.15, -0.1) is 0 Å². The zero-order valence-corrected chi connectivity index (χ0v) is 14.3. The molecule has 20 heavy (non-hydrogen) atoms.